The van der Waals surface area contributed by atoms with E-state index in [1.165, 1.54) is 0 Å². The molecule has 0 fully saturated rings. The van der Waals surface area contributed by atoms with E-state index in [1.54, 1.807) is 0 Å². The molecule has 2 heteroatoms. The van der Waals surface area contributed by atoms with Gasteiger partial charge >= 0.3 is 0 Å². The Balaban J connectivity index is 0. The molecule has 2 nitrogen and oxygen atoms in total. The lowest BCUT2D eigenvalue weighted by molar-refractivity contribution is -0.123. The highest BCUT2D eigenvalue weighted by Crippen LogP contribution is 1.88. The van der Waals surface area contributed by atoms with E-state index in [-0.39, 0.29) is 11.8 Å². The molecule has 1 N–H and O–H groups in total. The van der Waals surface area contributed by atoms with Gasteiger partial charge in [-0.1, -0.05) is 40.5 Å². The molecule has 0 saturated heterocycles. The van der Waals surface area contributed by atoms with Gasteiger partial charge in [0.15, 0.2) is 0 Å². The minimum Gasteiger partial charge on any atom is -0.345 e. The maximum Gasteiger partial charge on any atom is 0.223 e. The summed E-state index contributed by atoms with van der Waals surface area (Å²) in [5.41, 5.74) is 0. The first-order valence-corrected chi connectivity index (χ1v) is 4.92. The Labute approximate surface area is 82.1 Å². The minimum atomic E-state index is 0.0541. The summed E-state index contributed by atoms with van der Waals surface area (Å²) < 4.78 is 0. The van der Waals surface area contributed by atoms with Gasteiger partial charge in [-0.25, -0.2) is 0 Å². The predicted octanol–water partition coefficient (Wildman–Crippen LogP) is 2.20. The van der Waals surface area contributed by atoms with Crippen LogP contribution in [-0.2, 0) is 4.79 Å². The smallest absolute Gasteiger partial charge is 0.223 e. The zero-order valence-corrected chi connectivity index (χ0v) is 9.40. The minimum absolute atomic E-state index is 0.0541. The van der Waals surface area contributed by atoms with E-state index in [2.05, 4.69) is 17.2 Å². The van der Waals surface area contributed by atoms with Crippen LogP contribution in [0.1, 0.15) is 41.0 Å². The average Bonchev–Trinajstić information content (AvgIpc) is 2.15. The van der Waals surface area contributed by atoms with Crippen molar-refractivity contribution in [3.8, 4) is 11.8 Å². The van der Waals surface area contributed by atoms with Crippen molar-refractivity contribution in [3.05, 3.63) is 0 Å². The van der Waals surface area contributed by atoms with Crippen LogP contribution in [-0.4, -0.2) is 12.5 Å². The first-order valence-electron chi connectivity index (χ1n) is 4.92. The molecule has 0 heterocycles. The predicted molar refractivity (Wildman–Crippen MR) is 57.3 cm³/mol. The van der Waals surface area contributed by atoms with Gasteiger partial charge in [0, 0.05) is 12.3 Å². The average molecular weight is 183 g/mol. The van der Waals surface area contributed by atoms with Crippen molar-refractivity contribution in [2.24, 2.45) is 5.92 Å². The zero-order chi connectivity index (χ0) is 10.7. The molecule has 0 aliphatic carbocycles. The largest absolute Gasteiger partial charge is 0.345 e. The fraction of sp³-hybridized carbons (Fsp3) is 0.727. The second kappa shape index (κ2) is 11.0. The van der Waals surface area contributed by atoms with Crippen LogP contribution >= 0.6 is 0 Å². The number of hydrogen-bond donors (Lipinski definition) is 1. The fourth-order valence-electron chi connectivity index (χ4n) is 0.523. The Kier molecular flexibility index (Phi) is 12.3. The monoisotopic (exact) mass is 183 g/mol. The summed E-state index contributed by atoms with van der Waals surface area (Å²) in [7, 11) is 0. The Bertz CT molecular complexity index is 174. The molecule has 0 atom stereocenters. The van der Waals surface area contributed by atoms with Gasteiger partial charge in [-0.3, -0.25) is 4.79 Å². The first kappa shape index (κ1) is 14.5. The number of carbonyl (C=O) groups is 1. The molecule has 0 aromatic carbocycles. The standard InChI is InChI=1S/C9H15NO.C2H6/c1-4-5-6-7-10-9(11)8(2)3;1-2/h8H,4,7H2,1-3H3,(H,10,11);1-2H3. The maximum atomic E-state index is 10.9. The van der Waals surface area contributed by atoms with E-state index >= 15 is 0 Å². The Morgan fingerprint density at radius 2 is 1.85 bits per heavy atom. The normalized spacial score (nSPS) is 7.85. The zero-order valence-electron chi connectivity index (χ0n) is 9.40. The topological polar surface area (TPSA) is 29.1 Å². The summed E-state index contributed by atoms with van der Waals surface area (Å²) in [4.78, 5) is 10.9. The van der Waals surface area contributed by atoms with E-state index < -0.39 is 0 Å². The Hall–Kier alpha value is -0.970. The van der Waals surface area contributed by atoms with E-state index in [0.29, 0.717) is 6.54 Å². The summed E-state index contributed by atoms with van der Waals surface area (Å²) in [6, 6.07) is 0. The summed E-state index contributed by atoms with van der Waals surface area (Å²) in [6.45, 7) is 10.2. The van der Waals surface area contributed by atoms with Crippen LogP contribution in [0.2, 0.25) is 0 Å². The first-order chi connectivity index (χ1) is 6.18. The van der Waals surface area contributed by atoms with Crippen molar-refractivity contribution >= 4 is 5.91 Å². The van der Waals surface area contributed by atoms with Gasteiger partial charge in [0.05, 0.1) is 6.54 Å². The molecule has 76 valence electrons. The number of rotatable bonds is 2. The number of hydrogen-bond acceptors (Lipinski definition) is 1. The van der Waals surface area contributed by atoms with Crippen LogP contribution in [0.4, 0.5) is 0 Å². The van der Waals surface area contributed by atoms with E-state index in [0.717, 1.165) is 6.42 Å². The molecule has 0 aromatic rings. The summed E-state index contributed by atoms with van der Waals surface area (Å²) in [5.74, 6) is 5.84. The maximum absolute atomic E-state index is 10.9. The molecule has 0 bridgehead atoms. The Morgan fingerprint density at radius 3 is 2.23 bits per heavy atom. The highest BCUT2D eigenvalue weighted by molar-refractivity contribution is 5.78. The third-order valence-corrected chi connectivity index (χ3v) is 1.18. The van der Waals surface area contributed by atoms with Crippen LogP contribution < -0.4 is 5.32 Å². The van der Waals surface area contributed by atoms with Gasteiger partial charge in [-0.05, 0) is 0 Å². The molecule has 1 amide bonds. The van der Waals surface area contributed by atoms with E-state index in [9.17, 15) is 4.79 Å². The van der Waals surface area contributed by atoms with Gasteiger partial charge in [0.1, 0.15) is 0 Å². The van der Waals surface area contributed by atoms with Crippen LogP contribution in [0.5, 0.6) is 0 Å². The van der Waals surface area contributed by atoms with Crippen molar-refractivity contribution in [3.63, 3.8) is 0 Å². The summed E-state index contributed by atoms with van der Waals surface area (Å²) in [6.07, 6.45) is 0.845. The SMILES string of the molecule is CC.CCC#CCNC(=O)C(C)C. The molecular formula is C11H21NO. The van der Waals surface area contributed by atoms with Crippen LogP contribution in [0, 0.1) is 17.8 Å². The highest BCUT2D eigenvalue weighted by Gasteiger charge is 2.02. The fourth-order valence-corrected chi connectivity index (χ4v) is 0.523. The van der Waals surface area contributed by atoms with E-state index in [1.807, 2.05) is 34.6 Å². The van der Waals surface area contributed by atoms with Crippen molar-refractivity contribution in [2.45, 2.75) is 41.0 Å². The van der Waals surface area contributed by atoms with Crippen molar-refractivity contribution < 1.29 is 4.79 Å². The third kappa shape index (κ3) is 11.0. The van der Waals surface area contributed by atoms with Gasteiger partial charge < -0.3 is 5.32 Å². The van der Waals surface area contributed by atoms with Crippen LogP contribution in [0.3, 0.4) is 0 Å². The summed E-state index contributed by atoms with van der Waals surface area (Å²) >= 11 is 0. The molecule has 0 aliphatic rings. The van der Waals surface area contributed by atoms with Crippen LogP contribution in [0.15, 0.2) is 0 Å². The number of nitrogens with one attached hydrogen (secondary N) is 1. The highest BCUT2D eigenvalue weighted by atomic mass is 16.1. The molecule has 0 rings (SSSR count). The van der Waals surface area contributed by atoms with Gasteiger partial charge in [0.2, 0.25) is 5.91 Å². The van der Waals surface area contributed by atoms with Crippen molar-refractivity contribution in [1.29, 1.82) is 0 Å². The summed E-state index contributed by atoms with van der Waals surface area (Å²) in [5, 5.41) is 2.70. The molecule has 13 heavy (non-hydrogen) atoms. The second-order valence-electron chi connectivity index (χ2n) is 2.58. The second-order valence-corrected chi connectivity index (χ2v) is 2.58. The molecule has 0 radical (unpaired) electrons. The molecular weight excluding hydrogens is 162 g/mol. The lowest BCUT2D eigenvalue weighted by Gasteiger charge is -2.02. The number of amides is 1. The van der Waals surface area contributed by atoms with Gasteiger partial charge in [-0.15, -0.1) is 5.92 Å². The molecule has 0 saturated carbocycles. The molecule has 0 spiro atoms. The van der Waals surface area contributed by atoms with Gasteiger partial charge in [-0.2, -0.15) is 0 Å². The van der Waals surface area contributed by atoms with Crippen molar-refractivity contribution in [1.82, 2.24) is 5.32 Å². The molecule has 0 aliphatic heterocycles. The van der Waals surface area contributed by atoms with Gasteiger partial charge in [0.25, 0.3) is 0 Å². The Morgan fingerprint density at radius 1 is 1.31 bits per heavy atom. The lowest BCUT2D eigenvalue weighted by Crippen LogP contribution is -2.27. The third-order valence-electron chi connectivity index (χ3n) is 1.18. The van der Waals surface area contributed by atoms with Crippen LogP contribution in [0.25, 0.3) is 0 Å². The molecule has 0 unspecified atom stereocenters. The number of carbonyl (C=O) groups excluding carboxylic acids is 1. The quantitative estimate of drug-likeness (QED) is 0.653. The van der Waals surface area contributed by atoms with E-state index in [4.69, 9.17) is 0 Å². The molecule has 0 aromatic heterocycles. The van der Waals surface area contributed by atoms with Crippen molar-refractivity contribution in [2.75, 3.05) is 6.54 Å². The lowest BCUT2D eigenvalue weighted by atomic mass is 10.2.